The minimum absolute atomic E-state index is 0.0333. The van der Waals surface area contributed by atoms with Crippen molar-refractivity contribution < 1.29 is 37.5 Å². The van der Waals surface area contributed by atoms with Gasteiger partial charge in [-0.15, -0.1) is 0 Å². The third-order valence-electron chi connectivity index (χ3n) is 11.5. The highest BCUT2D eigenvalue weighted by Crippen LogP contribution is 2.65. The minimum Gasteiger partial charge on any atom is -0.507 e. The molecule has 1 saturated carbocycles. The van der Waals surface area contributed by atoms with Crippen LogP contribution in [0.1, 0.15) is 56.2 Å². The Morgan fingerprint density at radius 2 is 1.61 bits per heavy atom. The van der Waals surface area contributed by atoms with Crippen LogP contribution in [0.5, 0.6) is 5.75 Å². The van der Waals surface area contributed by atoms with Crippen molar-refractivity contribution in [3.8, 4) is 5.75 Å². The monoisotopic (exact) mass is 776 g/mol. The summed E-state index contributed by atoms with van der Waals surface area (Å²) >= 11 is 12.6. The number of allylic oxidation sites excluding steroid dienone is 2. The van der Waals surface area contributed by atoms with Gasteiger partial charge >= 0.3 is 6.18 Å². The fraction of sp³-hybridized carbons (Fsp3) is 0.325. The van der Waals surface area contributed by atoms with Crippen molar-refractivity contribution in [3.63, 3.8) is 0 Å². The number of fused-ring (bicyclic) bond motifs is 5. The minimum atomic E-state index is -4.75. The molecule has 0 bridgehead atoms. The van der Waals surface area contributed by atoms with Crippen LogP contribution in [0.25, 0.3) is 10.8 Å². The molecular formula is C40H33Cl2F3N4O5. The molecule has 278 valence electrons. The third-order valence-corrected chi connectivity index (χ3v) is 12.0. The first-order chi connectivity index (χ1) is 25.5. The number of hydrazine groups is 1. The van der Waals surface area contributed by atoms with E-state index in [0.717, 1.165) is 10.4 Å². The van der Waals surface area contributed by atoms with Crippen LogP contribution in [0.2, 0.25) is 10.0 Å². The van der Waals surface area contributed by atoms with Crippen molar-refractivity contribution in [2.75, 3.05) is 5.43 Å². The van der Waals surface area contributed by atoms with Crippen molar-refractivity contribution >= 4 is 63.4 Å². The summed E-state index contributed by atoms with van der Waals surface area (Å²) in [6.45, 7) is 5.33. The SMILES string of the molecule is CC(C)(C)N1C(=O)[C@H]2[C@H](CC=C3[C@H]2C[C@H]2C(=O)N(Nc4ncc(C(F)(F)F)cc4Cl)C(=O)[C@@]2(c2ccc(Cl)cc2)[C@H]3c2ccc3ccccc3c2O)C1=O. The summed E-state index contributed by atoms with van der Waals surface area (Å²) in [7, 11) is 0. The molecule has 3 aromatic carbocycles. The third kappa shape index (κ3) is 5.16. The molecule has 14 heteroatoms. The number of rotatable bonds is 4. The average Bonchev–Trinajstić information content (AvgIpc) is 3.50. The highest BCUT2D eigenvalue weighted by atomic mass is 35.5. The van der Waals surface area contributed by atoms with E-state index in [-0.39, 0.29) is 36.2 Å². The Bertz CT molecular complexity index is 2330. The molecule has 2 saturated heterocycles. The topological polar surface area (TPSA) is 120 Å². The number of pyridine rings is 1. The summed E-state index contributed by atoms with van der Waals surface area (Å²) in [6, 6.07) is 17.7. The van der Waals surface area contributed by atoms with Gasteiger partial charge in [-0.3, -0.25) is 29.5 Å². The number of carbonyl (C=O) groups is 4. The number of phenols is 1. The molecule has 0 unspecified atom stereocenters. The van der Waals surface area contributed by atoms with Gasteiger partial charge in [-0.1, -0.05) is 83.4 Å². The lowest BCUT2D eigenvalue weighted by atomic mass is 9.49. The Hall–Kier alpha value is -4.94. The van der Waals surface area contributed by atoms with Crippen LogP contribution in [0.3, 0.4) is 0 Å². The second kappa shape index (κ2) is 12.3. The molecule has 2 N–H and O–H groups in total. The second-order valence-corrected chi connectivity index (χ2v) is 16.2. The number of hydrogen-bond acceptors (Lipinski definition) is 7. The van der Waals surface area contributed by atoms with Crippen molar-refractivity contribution in [2.45, 2.75) is 56.7 Å². The molecule has 0 spiro atoms. The van der Waals surface area contributed by atoms with Gasteiger partial charge in [-0.2, -0.15) is 18.2 Å². The van der Waals surface area contributed by atoms with E-state index in [9.17, 15) is 32.7 Å². The molecule has 54 heavy (non-hydrogen) atoms. The number of benzene rings is 3. The molecule has 3 fully saturated rings. The molecule has 4 aromatic rings. The highest BCUT2D eigenvalue weighted by molar-refractivity contribution is 6.33. The molecule has 0 radical (unpaired) electrons. The number of amides is 4. The van der Waals surface area contributed by atoms with Crippen molar-refractivity contribution in [1.29, 1.82) is 0 Å². The molecule has 6 atom stereocenters. The standard InChI is InChI=1S/C40H33Cl2F3N4O5/c1-38(2,3)48-34(51)25-15-14-24-27(30(25)36(48)53)17-28-35(52)49(47-33-29(42)16-21(18-46-33)40(43,44)45)37(54)39(28,20-9-11-22(41)12-10-20)31(24)26-13-8-19-6-4-5-7-23(19)32(26)50/h4-14,16,18,25,27-28,30-31,50H,15,17H2,1-3H3,(H,46,47)/t25-,27+,28-,30-,31+,39+/m0/s1. The number of carbonyl (C=O) groups excluding carboxylic acids is 4. The van der Waals surface area contributed by atoms with Crippen molar-refractivity contribution in [1.82, 2.24) is 14.9 Å². The van der Waals surface area contributed by atoms with E-state index in [1.54, 1.807) is 69.3 Å². The van der Waals surface area contributed by atoms with Gasteiger partial charge in [0.05, 0.1) is 33.8 Å². The number of halogens is 5. The number of aromatic hydroxyl groups is 1. The predicted octanol–water partition coefficient (Wildman–Crippen LogP) is 8.05. The van der Waals surface area contributed by atoms with Gasteiger partial charge in [-0.25, -0.2) is 4.98 Å². The van der Waals surface area contributed by atoms with E-state index >= 15 is 4.79 Å². The normalized spacial score (nSPS) is 26.9. The maximum Gasteiger partial charge on any atom is 0.417 e. The zero-order valence-corrected chi connectivity index (χ0v) is 30.6. The summed E-state index contributed by atoms with van der Waals surface area (Å²) in [6.07, 6.45) is -2.18. The van der Waals surface area contributed by atoms with E-state index in [4.69, 9.17) is 23.2 Å². The maximum atomic E-state index is 15.4. The first kappa shape index (κ1) is 36.1. The van der Waals surface area contributed by atoms with Gasteiger partial charge in [0.25, 0.3) is 11.8 Å². The molecule has 2 aliphatic heterocycles. The molecular weight excluding hydrogens is 744 g/mol. The van der Waals surface area contributed by atoms with E-state index in [0.29, 0.717) is 39.4 Å². The fourth-order valence-electron chi connectivity index (χ4n) is 9.29. The molecule has 9 nitrogen and oxygen atoms in total. The largest absolute Gasteiger partial charge is 0.507 e. The molecule has 4 amide bonds. The van der Waals surface area contributed by atoms with Gasteiger partial charge in [0, 0.05) is 33.6 Å². The predicted molar refractivity (Wildman–Crippen MR) is 194 cm³/mol. The molecule has 4 aliphatic rings. The van der Waals surface area contributed by atoms with Gasteiger partial charge < -0.3 is 5.11 Å². The number of hydrogen-bond donors (Lipinski definition) is 2. The number of aromatic nitrogens is 1. The second-order valence-electron chi connectivity index (χ2n) is 15.3. The first-order valence-corrected chi connectivity index (χ1v) is 18.1. The van der Waals surface area contributed by atoms with Crippen LogP contribution in [0.15, 0.2) is 84.6 Å². The van der Waals surface area contributed by atoms with E-state index in [2.05, 4.69) is 10.4 Å². The fourth-order valence-corrected chi connectivity index (χ4v) is 9.63. The highest BCUT2D eigenvalue weighted by Gasteiger charge is 2.71. The Morgan fingerprint density at radius 3 is 2.28 bits per heavy atom. The molecule has 8 rings (SSSR count). The molecule has 2 aliphatic carbocycles. The van der Waals surface area contributed by atoms with Crippen molar-refractivity contribution in [3.05, 3.63) is 111 Å². The van der Waals surface area contributed by atoms with Crippen LogP contribution in [0.4, 0.5) is 19.0 Å². The summed E-state index contributed by atoms with van der Waals surface area (Å²) < 4.78 is 40.5. The van der Waals surface area contributed by atoms with Crippen LogP contribution in [-0.4, -0.2) is 49.2 Å². The first-order valence-electron chi connectivity index (χ1n) is 17.4. The van der Waals surface area contributed by atoms with Crippen LogP contribution >= 0.6 is 23.2 Å². The zero-order chi connectivity index (χ0) is 38.6. The number of anilines is 1. The average molecular weight is 778 g/mol. The smallest absolute Gasteiger partial charge is 0.417 e. The number of imide groups is 2. The number of likely N-dealkylation sites (tertiary alicyclic amines) is 1. The number of alkyl halides is 3. The number of nitrogens with one attached hydrogen (secondary N) is 1. The van der Waals surface area contributed by atoms with Gasteiger partial charge in [0.2, 0.25) is 11.8 Å². The van der Waals surface area contributed by atoms with E-state index in [1.165, 1.54) is 4.90 Å². The lowest BCUT2D eigenvalue weighted by Gasteiger charge is -2.50. The van der Waals surface area contributed by atoms with Crippen LogP contribution in [-0.2, 0) is 30.8 Å². The summed E-state index contributed by atoms with van der Waals surface area (Å²) in [4.78, 5) is 63.6. The summed E-state index contributed by atoms with van der Waals surface area (Å²) in [5.41, 5.74) is 0.225. The Kier molecular flexibility index (Phi) is 8.21. The summed E-state index contributed by atoms with van der Waals surface area (Å²) in [5.74, 6) is -7.20. The van der Waals surface area contributed by atoms with Crippen LogP contribution < -0.4 is 5.43 Å². The van der Waals surface area contributed by atoms with Crippen molar-refractivity contribution in [2.24, 2.45) is 23.7 Å². The zero-order valence-electron chi connectivity index (χ0n) is 29.1. The summed E-state index contributed by atoms with van der Waals surface area (Å²) in [5, 5.41) is 13.9. The molecule has 3 heterocycles. The van der Waals surface area contributed by atoms with Gasteiger partial charge in [0.1, 0.15) is 5.75 Å². The van der Waals surface area contributed by atoms with E-state index < -0.39 is 69.1 Å². The lowest BCUT2D eigenvalue weighted by molar-refractivity contribution is -0.146. The Morgan fingerprint density at radius 1 is 0.907 bits per heavy atom. The Balaban J connectivity index is 1.36. The van der Waals surface area contributed by atoms with Gasteiger partial charge in [0.15, 0.2) is 5.82 Å². The number of phenolic OH excluding ortho intramolecular Hbond substituents is 1. The van der Waals surface area contributed by atoms with Crippen LogP contribution in [0, 0.1) is 23.7 Å². The maximum absolute atomic E-state index is 15.4. The quantitative estimate of drug-likeness (QED) is 0.159. The Labute approximate surface area is 317 Å². The lowest BCUT2D eigenvalue weighted by Crippen LogP contribution is -2.53. The van der Waals surface area contributed by atoms with E-state index in [1.807, 2.05) is 18.2 Å². The number of nitrogens with zero attached hydrogens (tertiary/aromatic N) is 3. The molecule has 1 aromatic heterocycles. The van der Waals surface area contributed by atoms with Gasteiger partial charge in [-0.05, 0) is 68.7 Å².